The van der Waals surface area contributed by atoms with E-state index in [4.69, 9.17) is 4.74 Å². The van der Waals surface area contributed by atoms with Crippen LogP contribution in [0.25, 0.3) is 11.3 Å². The minimum Gasteiger partial charge on any atom is -0.448 e. The highest BCUT2D eigenvalue weighted by Gasteiger charge is 2.31. The maximum absolute atomic E-state index is 12.6. The number of hydrogen-bond donors (Lipinski definition) is 2. The van der Waals surface area contributed by atoms with E-state index in [1.807, 2.05) is 29.6 Å². The van der Waals surface area contributed by atoms with Crippen LogP contribution in [0.2, 0.25) is 0 Å². The molecule has 0 bridgehead atoms. The summed E-state index contributed by atoms with van der Waals surface area (Å²) in [4.78, 5) is 40.2. The number of benzene rings is 2. The van der Waals surface area contributed by atoms with Gasteiger partial charge in [-0.25, -0.2) is 9.78 Å². The number of cyclic esters (lactones) is 1. The van der Waals surface area contributed by atoms with Gasteiger partial charge in [-0.15, -0.1) is 11.3 Å². The van der Waals surface area contributed by atoms with Crippen molar-refractivity contribution in [1.82, 2.24) is 4.98 Å². The molecular weight excluding hydrogens is 390 g/mol. The molecule has 0 saturated heterocycles. The first-order valence-electron chi connectivity index (χ1n) is 8.93. The summed E-state index contributed by atoms with van der Waals surface area (Å²) in [6.07, 6.45) is -0.557. The topological polar surface area (TPSA) is 97.4 Å². The zero-order chi connectivity index (χ0) is 20.4. The van der Waals surface area contributed by atoms with Crippen molar-refractivity contribution in [2.75, 3.05) is 10.6 Å². The maximum atomic E-state index is 12.6. The van der Waals surface area contributed by atoms with Crippen molar-refractivity contribution in [2.45, 2.75) is 19.4 Å². The molecule has 0 spiro atoms. The summed E-state index contributed by atoms with van der Waals surface area (Å²) in [6, 6.07) is 14.4. The van der Waals surface area contributed by atoms with E-state index in [-0.39, 0.29) is 5.91 Å². The fourth-order valence-corrected chi connectivity index (χ4v) is 3.78. The quantitative estimate of drug-likeness (QED) is 0.645. The van der Waals surface area contributed by atoms with Crippen LogP contribution in [0.1, 0.15) is 22.8 Å². The van der Waals surface area contributed by atoms with Gasteiger partial charge >= 0.3 is 5.97 Å². The molecule has 1 aromatic heterocycles. The molecule has 8 heteroatoms. The number of thiazole rings is 1. The zero-order valence-electron chi connectivity index (χ0n) is 15.5. The van der Waals surface area contributed by atoms with Gasteiger partial charge in [0.15, 0.2) is 11.2 Å². The molecule has 2 amide bonds. The summed E-state index contributed by atoms with van der Waals surface area (Å²) < 4.78 is 5.27. The predicted octanol–water partition coefficient (Wildman–Crippen LogP) is 3.49. The van der Waals surface area contributed by atoms with Gasteiger partial charge in [-0.1, -0.05) is 30.3 Å². The third-order valence-corrected chi connectivity index (χ3v) is 5.18. The molecule has 2 aromatic carbocycles. The van der Waals surface area contributed by atoms with Crippen LogP contribution >= 0.6 is 11.3 Å². The lowest BCUT2D eigenvalue weighted by molar-refractivity contribution is -0.125. The summed E-state index contributed by atoms with van der Waals surface area (Å²) in [7, 11) is 0. The van der Waals surface area contributed by atoms with Crippen LogP contribution < -0.4 is 10.6 Å². The van der Waals surface area contributed by atoms with E-state index < -0.39 is 18.0 Å². The molecule has 7 nitrogen and oxygen atoms in total. The van der Waals surface area contributed by atoms with E-state index in [0.717, 1.165) is 11.1 Å². The van der Waals surface area contributed by atoms with Gasteiger partial charge in [0, 0.05) is 30.0 Å². The van der Waals surface area contributed by atoms with Gasteiger partial charge in [0.1, 0.15) is 0 Å². The van der Waals surface area contributed by atoms with Crippen LogP contribution in [0.3, 0.4) is 0 Å². The lowest BCUT2D eigenvalue weighted by Crippen LogP contribution is -2.37. The van der Waals surface area contributed by atoms with Gasteiger partial charge in [0.05, 0.1) is 11.3 Å². The highest BCUT2D eigenvalue weighted by molar-refractivity contribution is 7.14. The molecule has 1 aliphatic heterocycles. The Hall–Kier alpha value is -3.52. The van der Waals surface area contributed by atoms with Crippen LogP contribution in [-0.4, -0.2) is 28.9 Å². The van der Waals surface area contributed by atoms with Gasteiger partial charge < -0.3 is 10.1 Å². The van der Waals surface area contributed by atoms with Gasteiger partial charge in [0.25, 0.3) is 5.91 Å². The fourth-order valence-electron chi connectivity index (χ4n) is 3.05. The van der Waals surface area contributed by atoms with E-state index in [2.05, 4.69) is 15.6 Å². The summed E-state index contributed by atoms with van der Waals surface area (Å²) in [5.41, 5.74) is 3.54. The number of anilines is 2. The molecule has 0 aliphatic carbocycles. The van der Waals surface area contributed by atoms with Crippen molar-refractivity contribution in [3.8, 4) is 11.3 Å². The molecule has 1 unspecified atom stereocenters. The molecule has 0 saturated carbocycles. The minimum absolute atomic E-state index is 0.137. The normalized spacial score (nSPS) is 15.2. The van der Waals surface area contributed by atoms with E-state index in [1.54, 1.807) is 24.3 Å². The Labute approximate surface area is 170 Å². The van der Waals surface area contributed by atoms with Crippen molar-refractivity contribution < 1.29 is 19.1 Å². The fraction of sp³-hybridized carbons (Fsp3) is 0.143. The SMILES string of the molecule is CC(=O)Nc1ccc(-c2csc(NC(=O)C3Cc4ccccc4C(=O)O3)n2)cc1. The third kappa shape index (κ3) is 4.17. The van der Waals surface area contributed by atoms with Crippen LogP contribution in [0.4, 0.5) is 10.8 Å². The number of rotatable bonds is 4. The lowest BCUT2D eigenvalue weighted by Gasteiger charge is -2.23. The Kier molecular flexibility index (Phi) is 5.09. The number of ether oxygens (including phenoxy) is 1. The zero-order valence-corrected chi connectivity index (χ0v) is 16.3. The van der Waals surface area contributed by atoms with E-state index >= 15 is 0 Å². The van der Waals surface area contributed by atoms with Crippen molar-refractivity contribution in [3.05, 3.63) is 65.0 Å². The standard InChI is InChI=1S/C21H17N3O4S/c1-12(25)22-15-8-6-13(7-9-15)17-11-29-21(23-17)24-19(26)18-10-14-4-2-3-5-16(14)20(27)28-18/h2-9,11,18H,10H2,1H3,(H,22,25)(H,23,24,26). The van der Waals surface area contributed by atoms with Crippen molar-refractivity contribution in [2.24, 2.45) is 0 Å². The molecule has 0 radical (unpaired) electrons. The maximum Gasteiger partial charge on any atom is 0.339 e. The summed E-state index contributed by atoms with van der Waals surface area (Å²) in [5.74, 6) is -1.04. The number of fused-ring (bicyclic) bond motifs is 1. The number of carbonyl (C=O) groups excluding carboxylic acids is 3. The van der Waals surface area contributed by atoms with E-state index in [9.17, 15) is 14.4 Å². The average molecular weight is 407 g/mol. The molecular formula is C21H17N3O4S. The molecule has 1 aliphatic rings. The average Bonchev–Trinajstić information content (AvgIpc) is 3.16. The monoisotopic (exact) mass is 407 g/mol. The summed E-state index contributed by atoms with van der Waals surface area (Å²) in [5, 5.41) is 7.68. The molecule has 0 fully saturated rings. The highest BCUT2D eigenvalue weighted by Crippen LogP contribution is 2.27. The lowest BCUT2D eigenvalue weighted by atomic mass is 9.98. The number of nitrogens with one attached hydrogen (secondary N) is 2. The van der Waals surface area contributed by atoms with Crippen molar-refractivity contribution >= 4 is 39.9 Å². The first-order valence-corrected chi connectivity index (χ1v) is 9.81. The molecule has 3 aromatic rings. The molecule has 2 heterocycles. The highest BCUT2D eigenvalue weighted by atomic mass is 32.1. The predicted molar refractivity (Wildman–Crippen MR) is 110 cm³/mol. The van der Waals surface area contributed by atoms with Crippen molar-refractivity contribution in [3.63, 3.8) is 0 Å². The van der Waals surface area contributed by atoms with Gasteiger partial charge in [-0.2, -0.15) is 0 Å². The van der Waals surface area contributed by atoms with Crippen LogP contribution in [0.5, 0.6) is 0 Å². The van der Waals surface area contributed by atoms with Gasteiger partial charge in [-0.3, -0.25) is 14.9 Å². The van der Waals surface area contributed by atoms with E-state index in [0.29, 0.717) is 28.5 Å². The Bertz CT molecular complexity index is 1090. The Morgan fingerprint density at radius 3 is 2.62 bits per heavy atom. The first kappa shape index (κ1) is 18.8. The smallest absolute Gasteiger partial charge is 0.339 e. The number of nitrogens with zero attached hydrogens (tertiary/aromatic N) is 1. The second-order valence-corrected chi connectivity index (χ2v) is 7.40. The molecule has 2 N–H and O–H groups in total. The molecule has 146 valence electrons. The molecule has 4 rings (SSSR count). The van der Waals surface area contributed by atoms with Crippen LogP contribution in [0, 0.1) is 0 Å². The third-order valence-electron chi connectivity index (χ3n) is 4.42. The number of amides is 2. The Balaban J connectivity index is 1.43. The number of aromatic nitrogens is 1. The number of carbonyl (C=O) groups is 3. The Morgan fingerprint density at radius 2 is 1.86 bits per heavy atom. The van der Waals surface area contributed by atoms with E-state index in [1.165, 1.54) is 18.3 Å². The Morgan fingerprint density at radius 1 is 1.10 bits per heavy atom. The number of hydrogen-bond acceptors (Lipinski definition) is 6. The largest absolute Gasteiger partial charge is 0.448 e. The first-order chi connectivity index (χ1) is 14.0. The second-order valence-electron chi connectivity index (χ2n) is 6.54. The minimum atomic E-state index is -0.887. The second kappa shape index (κ2) is 7.84. The molecule has 29 heavy (non-hydrogen) atoms. The summed E-state index contributed by atoms with van der Waals surface area (Å²) >= 11 is 1.28. The number of esters is 1. The van der Waals surface area contributed by atoms with Crippen molar-refractivity contribution in [1.29, 1.82) is 0 Å². The summed E-state index contributed by atoms with van der Waals surface area (Å²) in [6.45, 7) is 1.45. The van der Waals surface area contributed by atoms with Crippen LogP contribution in [0.15, 0.2) is 53.9 Å². The molecule has 1 atom stereocenters. The van der Waals surface area contributed by atoms with Gasteiger partial charge in [0.2, 0.25) is 5.91 Å². The van der Waals surface area contributed by atoms with Crippen LogP contribution in [-0.2, 0) is 20.7 Å². The van der Waals surface area contributed by atoms with Gasteiger partial charge in [-0.05, 0) is 23.8 Å².